The largest absolute Gasteiger partial charge is 0.494 e. The zero-order chi connectivity index (χ0) is 11.3. The van der Waals surface area contributed by atoms with Gasteiger partial charge in [-0.2, -0.15) is 0 Å². The standard InChI is InChI=1S/C9H13NO4S/c1-2-7-14-8-3-5-9(6-4-8)15(12,13)10-11/h3-6,10-11H,2,7H2,1H3. The van der Waals surface area contributed by atoms with E-state index in [9.17, 15) is 8.42 Å². The molecule has 84 valence electrons. The topological polar surface area (TPSA) is 75.6 Å². The van der Waals surface area contributed by atoms with Crippen molar-refractivity contribution in [2.45, 2.75) is 18.2 Å². The molecule has 5 nitrogen and oxygen atoms in total. The molecule has 0 aromatic heterocycles. The van der Waals surface area contributed by atoms with Crippen LogP contribution in [0.3, 0.4) is 0 Å². The second-order valence-electron chi connectivity index (χ2n) is 2.91. The lowest BCUT2D eigenvalue weighted by atomic mass is 10.3. The molecule has 0 aliphatic rings. The zero-order valence-corrected chi connectivity index (χ0v) is 9.12. The van der Waals surface area contributed by atoms with Gasteiger partial charge in [0.25, 0.3) is 10.0 Å². The fourth-order valence-corrected chi connectivity index (χ4v) is 1.59. The molecule has 0 saturated carbocycles. The first-order chi connectivity index (χ1) is 7.10. The van der Waals surface area contributed by atoms with E-state index in [4.69, 9.17) is 9.94 Å². The molecule has 1 rings (SSSR count). The third-order valence-corrected chi connectivity index (χ3v) is 2.86. The number of nitrogens with one attached hydrogen (secondary N) is 1. The summed E-state index contributed by atoms with van der Waals surface area (Å²) in [5.41, 5.74) is 0. The highest BCUT2D eigenvalue weighted by Gasteiger charge is 2.11. The highest BCUT2D eigenvalue weighted by molar-refractivity contribution is 7.89. The van der Waals surface area contributed by atoms with E-state index in [2.05, 4.69) is 0 Å². The fraction of sp³-hybridized carbons (Fsp3) is 0.333. The maximum atomic E-state index is 11.1. The van der Waals surface area contributed by atoms with Gasteiger partial charge < -0.3 is 9.94 Å². The quantitative estimate of drug-likeness (QED) is 0.745. The zero-order valence-electron chi connectivity index (χ0n) is 8.30. The highest BCUT2D eigenvalue weighted by Crippen LogP contribution is 2.15. The van der Waals surface area contributed by atoms with E-state index in [1.165, 1.54) is 17.0 Å². The highest BCUT2D eigenvalue weighted by atomic mass is 32.2. The van der Waals surface area contributed by atoms with Crippen LogP contribution in [0.15, 0.2) is 29.2 Å². The van der Waals surface area contributed by atoms with E-state index >= 15 is 0 Å². The summed E-state index contributed by atoms with van der Waals surface area (Å²) in [6.45, 7) is 2.57. The van der Waals surface area contributed by atoms with E-state index in [1.54, 1.807) is 12.1 Å². The van der Waals surface area contributed by atoms with Gasteiger partial charge in [-0.15, -0.1) is 0 Å². The number of rotatable bonds is 5. The summed E-state index contributed by atoms with van der Waals surface area (Å²) in [6, 6.07) is 5.81. The maximum Gasteiger partial charge on any atom is 0.262 e. The van der Waals surface area contributed by atoms with Crippen molar-refractivity contribution in [2.24, 2.45) is 0 Å². The van der Waals surface area contributed by atoms with Crippen LogP contribution in [0.2, 0.25) is 0 Å². The van der Waals surface area contributed by atoms with Crippen LogP contribution >= 0.6 is 0 Å². The van der Waals surface area contributed by atoms with Crippen molar-refractivity contribution in [2.75, 3.05) is 6.61 Å². The smallest absolute Gasteiger partial charge is 0.262 e. The molecule has 0 atom stereocenters. The Labute approximate surface area is 88.7 Å². The van der Waals surface area contributed by atoms with E-state index in [1.807, 2.05) is 6.92 Å². The van der Waals surface area contributed by atoms with Crippen molar-refractivity contribution in [3.63, 3.8) is 0 Å². The lowest BCUT2D eigenvalue weighted by molar-refractivity contribution is 0.242. The molecule has 0 heterocycles. The molecule has 0 bridgehead atoms. The first-order valence-corrected chi connectivity index (χ1v) is 5.97. The Morgan fingerprint density at radius 2 is 1.93 bits per heavy atom. The van der Waals surface area contributed by atoms with Crippen LogP contribution in [0.25, 0.3) is 0 Å². The molecule has 0 saturated heterocycles. The molecule has 1 aromatic rings. The third kappa shape index (κ3) is 3.19. The number of ether oxygens (including phenoxy) is 1. The molecule has 0 amide bonds. The first kappa shape index (κ1) is 12.0. The van der Waals surface area contributed by atoms with Crippen LogP contribution in [-0.4, -0.2) is 20.2 Å². The lowest BCUT2D eigenvalue weighted by Gasteiger charge is -2.05. The van der Waals surface area contributed by atoms with Gasteiger partial charge in [-0.25, -0.2) is 8.42 Å². The van der Waals surface area contributed by atoms with Gasteiger partial charge in [0.1, 0.15) is 5.75 Å². The van der Waals surface area contributed by atoms with Crippen molar-refractivity contribution in [1.82, 2.24) is 4.89 Å². The Bertz CT molecular complexity index is 399. The predicted molar refractivity (Wildman–Crippen MR) is 54.3 cm³/mol. The van der Waals surface area contributed by atoms with Crippen molar-refractivity contribution in [3.8, 4) is 5.75 Å². The molecule has 0 radical (unpaired) electrons. The van der Waals surface area contributed by atoms with Crippen molar-refractivity contribution in [1.29, 1.82) is 0 Å². The van der Waals surface area contributed by atoms with Crippen LogP contribution in [0, 0.1) is 0 Å². The van der Waals surface area contributed by atoms with Crippen molar-refractivity contribution >= 4 is 10.0 Å². The summed E-state index contributed by atoms with van der Waals surface area (Å²) in [5, 5.41) is 8.39. The molecular weight excluding hydrogens is 218 g/mol. The summed E-state index contributed by atoms with van der Waals surface area (Å²) in [4.78, 5) is 1.25. The van der Waals surface area contributed by atoms with Gasteiger partial charge in [-0.05, 0) is 30.7 Å². The molecule has 0 aliphatic carbocycles. The van der Waals surface area contributed by atoms with Crippen molar-refractivity contribution < 1.29 is 18.4 Å². The number of benzene rings is 1. The molecule has 2 N–H and O–H groups in total. The van der Waals surface area contributed by atoms with E-state index in [-0.39, 0.29) is 4.90 Å². The molecule has 0 spiro atoms. The van der Waals surface area contributed by atoms with Gasteiger partial charge in [0, 0.05) is 0 Å². The molecule has 0 fully saturated rings. The summed E-state index contributed by atoms with van der Waals surface area (Å²) in [7, 11) is -3.79. The molecule has 15 heavy (non-hydrogen) atoms. The predicted octanol–water partition coefficient (Wildman–Crippen LogP) is 1.14. The van der Waals surface area contributed by atoms with E-state index < -0.39 is 10.0 Å². The first-order valence-electron chi connectivity index (χ1n) is 4.49. The Morgan fingerprint density at radius 1 is 1.33 bits per heavy atom. The van der Waals surface area contributed by atoms with E-state index in [0.717, 1.165) is 6.42 Å². The fourth-order valence-electron chi connectivity index (χ4n) is 0.988. The van der Waals surface area contributed by atoms with Gasteiger partial charge in [0.2, 0.25) is 0 Å². The minimum atomic E-state index is -3.79. The van der Waals surface area contributed by atoms with Gasteiger partial charge in [0.15, 0.2) is 0 Å². The van der Waals surface area contributed by atoms with Crippen LogP contribution < -0.4 is 9.62 Å². The third-order valence-electron chi connectivity index (χ3n) is 1.73. The average molecular weight is 231 g/mol. The molecule has 0 aliphatic heterocycles. The summed E-state index contributed by atoms with van der Waals surface area (Å²) in [5.74, 6) is 0.605. The second-order valence-corrected chi connectivity index (χ2v) is 4.58. The number of hydrogen-bond acceptors (Lipinski definition) is 4. The maximum absolute atomic E-state index is 11.1. The molecule has 0 unspecified atom stereocenters. The van der Waals surface area contributed by atoms with E-state index in [0.29, 0.717) is 12.4 Å². The van der Waals surface area contributed by atoms with Crippen LogP contribution in [0.4, 0.5) is 0 Å². The van der Waals surface area contributed by atoms with Gasteiger partial charge >= 0.3 is 0 Å². The minimum Gasteiger partial charge on any atom is -0.494 e. The average Bonchev–Trinajstić information content (AvgIpc) is 2.27. The number of sulfonamides is 1. The van der Waals surface area contributed by atoms with Crippen molar-refractivity contribution in [3.05, 3.63) is 24.3 Å². The van der Waals surface area contributed by atoms with Crippen LogP contribution in [0.5, 0.6) is 5.75 Å². The number of hydrogen-bond donors (Lipinski definition) is 2. The molecular formula is C9H13NO4S. The normalized spacial score (nSPS) is 11.3. The monoisotopic (exact) mass is 231 g/mol. The molecule has 1 aromatic carbocycles. The Morgan fingerprint density at radius 3 is 2.40 bits per heavy atom. The minimum absolute atomic E-state index is 0.00570. The van der Waals surface area contributed by atoms with Crippen LogP contribution in [0.1, 0.15) is 13.3 Å². The molecule has 6 heteroatoms. The summed E-state index contributed by atoms with van der Waals surface area (Å²) < 4.78 is 27.5. The Balaban J connectivity index is 2.81. The Hall–Kier alpha value is -1.11. The van der Waals surface area contributed by atoms with Crippen LogP contribution in [-0.2, 0) is 10.0 Å². The lowest BCUT2D eigenvalue weighted by Crippen LogP contribution is -2.19. The summed E-state index contributed by atoms with van der Waals surface area (Å²) in [6.07, 6.45) is 0.887. The van der Waals surface area contributed by atoms with Gasteiger partial charge in [-0.3, -0.25) is 0 Å². The van der Waals surface area contributed by atoms with Gasteiger partial charge in [-0.1, -0.05) is 11.8 Å². The summed E-state index contributed by atoms with van der Waals surface area (Å²) >= 11 is 0. The SMILES string of the molecule is CCCOc1ccc(S(=O)(=O)NO)cc1. The van der Waals surface area contributed by atoms with Gasteiger partial charge in [0.05, 0.1) is 11.5 Å². The second kappa shape index (κ2) is 5.11. The Kier molecular flexibility index (Phi) is 4.07.